The number of rotatable bonds is 14. The molecule has 0 rings (SSSR count). The standard InChI is InChI=1S/C22H43NO3S/c1-10-18(23-20(3,4)5)12-15-27-17-19(24)16-26-22(8,9)13-14-25-21(6,7)11-2/h1,18-19,23-24H,11-17H2,2-9H3/t18-,19?/m1/s1. The molecule has 2 N–H and O–H groups in total. The van der Waals surface area contributed by atoms with Crippen LogP contribution in [0.25, 0.3) is 0 Å². The van der Waals surface area contributed by atoms with Crippen LogP contribution < -0.4 is 5.32 Å². The Hall–Kier alpha value is -0.250. The highest BCUT2D eigenvalue weighted by Gasteiger charge is 2.23. The van der Waals surface area contributed by atoms with Crippen molar-refractivity contribution in [3.05, 3.63) is 0 Å². The van der Waals surface area contributed by atoms with Crippen LogP contribution in [0.4, 0.5) is 0 Å². The number of aliphatic hydroxyl groups is 1. The van der Waals surface area contributed by atoms with E-state index in [0.29, 0.717) is 19.0 Å². The highest BCUT2D eigenvalue weighted by atomic mass is 32.2. The van der Waals surface area contributed by atoms with E-state index in [1.165, 1.54) is 0 Å². The lowest BCUT2D eigenvalue weighted by molar-refractivity contribution is -0.0885. The van der Waals surface area contributed by atoms with Crippen LogP contribution in [0.1, 0.15) is 74.7 Å². The third-order valence-corrected chi connectivity index (χ3v) is 5.53. The van der Waals surface area contributed by atoms with Crippen LogP contribution in [-0.2, 0) is 9.47 Å². The van der Waals surface area contributed by atoms with E-state index in [2.05, 4.69) is 52.8 Å². The van der Waals surface area contributed by atoms with Gasteiger partial charge in [0.05, 0.1) is 36.6 Å². The SMILES string of the molecule is C#C[C@H](CCSCC(O)COC(C)(C)CCOC(C)(C)CC)NC(C)(C)C. The molecule has 1 unspecified atom stereocenters. The van der Waals surface area contributed by atoms with Gasteiger partial charge in [-0.2, -0.15) is 11.8 Å². The fraction of sp³-hybridized carbons (Fsp3) is 0.909. The summed E-state index contributed by atoms with van der Waals surface area (Å²) >= 11 is 1.72. The molecule has 160 valence electrons. The fourth-order valence-electron chi connectivity index (χ4n) is 2.26. The van der Waals surface area contributed by atoms with Crippen molar-refractivity contribution >= 4 is 11.8 Å². The average Bonchev–Trinajstić information content (AvgIpc) is 2.54. The zero-order valence-electron chi connectivity index (χ0n) is 18.9. The molecule has 0 aliphatic rings. The molecule has 0 aromatic carbocycles. The van der Waals surface area contributed by atoms with Crippen LogP contribution in [0.15, 0.2) is 0 Å². The molecule has 0 saturated heterocycles. The summed E-state index contributed by atoms with van der Waals surface area (Å²) in [7, 11) is 0. The largest absolute Gasteiger partial charge is 0.390 e. The second-order valence-corrected chi connectivity index (χ2v) is 10.6. The Morgan fingerprint density at radius 3 is 2.22 bits per heavy atom. The zero-order chi connectivity index (χ0) is 21.1. The van der Waals surface area contributed by atoms with E-state index in [9.17, 15) is 5.11 Å². The van der Waals surface area contributed by atoms with Gasteiger partial charge in [-0.15, -0.1) is 6.42 Å². The van der Waals surface area contributed by atoms with Crippen LogP contribution in [0.3, 0.4) is 0 Å². The van der Waals surface area contributed by atoms with Gasteiger partial charge in [0.1, 0.15) is 0 Å². The van der Waals surface area contributed by atoms with E-state index < -0.39 is 6.10 Å². The first-order valence-corrected chi connectivity index (χ1v) is 11.2. The molecule has 0 amide bonds. The summed E-state index contributed by atoms with van der Waals surface area (Å²) < 4.78 is 11.8. The minimum absolute atomic E-state index is 0.0106. The second-order valence-electron chi connectivity index (χ2n) is 9.41. The molecule has 5 heteroatoms. The van der Waals surface area contributed by atoms with Crippen molar-refractivity contribution in [3.8, 4) is 12.3 Å². The van der Waals surface area contributed by atoms with E-state index in [4.69, 9.17) is 15.9 Å². The number of ether oxygens (including phenoxy) is 2. The van der Waals surface area contributed by atoms with Crippen molar-refractivity contribution in [2.24, 2.45) is 0 Å². The number of nitrogens with one attached hydrogen (secondary N) is 1. The topological polar surface area (TPSA) is 50.7 Å². The molecule has 0 saturated carbocycles. The van der Waals surface area contributed by atoms with Crippen molar-refractivity contribution in [2.75, 3.05) is 24.7 Å². The van der Waals surface area contributed by atoms with E-state index in [1.54, 1.807) is 11.8 Å². The maximum atomic E-state index is 10.2. The van der Waals surface area contributed by atoms with E-state index in [-0.39, 0.29) is 22.8 Å². The Morgan fingerprint density at radius 1 is 1.07 bits per heavy atom. The summed E-state index contributed by atoms with van der Waals surface area (Å²) in [6, 6.07) is 0.0668. The summed E-state index contributed by atoms with van der Waals surface area (Å²) in [5.74, 6) is 4.37. The molecule has 27 heavy (non-hydrogen) atoms. The predicted molar refractivity (Wildman–Crippen MR) is 118 cm³/mol. The molecule has 0 aliphatic heterocycles. The van der Waals surface area contributed by atoms with Crippen LogP contribution >= 0.6 is 11.8 Å². The Kier molecular flexibility index (Phi) is 12.2. The maximum Gasteiger partial charge on any atom is 0.0864 e. The zero-order valence-corrected chi connectivity index (χ0v) is 19.7. The Morgan fingerprint density at radius 2 is 1.70 bits per heavy atom. The summed E-state index contributed by atoms with van der Waals surface area (Å²) in [6.07, 6.45) is 7.80. The summed E-state index contributed by atoms with van der Waals surface area (Å²) in [5, 5.41) is 13.6. The van der Waals surface area contributed by atoms with Gasteiger partial charge in [-0.3, -0.25) is 5.32 Å². The molecule has 0 aliphatic carbocycles. The van der Waals surface area contributed by atoms with Crippen molar-refractivity contribution in [2.45, 2.75) is 104 Å². The number of hydrogen-bond donors (Lipinski definition) is 2. The Labute approximate surface area is 172 Å². The molecule has 4 nitrogen and oxygen atoms in total. The third-order valence-electron chi connectivity index (χ3n) is 4.38. The van der Waals surface area contributed by atoms with E-state index in [0.717, 1.165) is 25.0 Å². The van der Waals surface area contributed by atoms with Gasteiger partial charge >= 0.3 is 0 Å². The van der Waals surface area contributed by atoms with Crippen molar-refractivity contribution in [1.82, 2.24) is 5.32 Å². The Bertz CT molecular complexity index is 438. The molecule has 0 aromatic rings. The number of aliphatic hydroxyl groups excluding tert-OH is 1. The molecular formula is C22H43NO3S. The fourth-order valence-corrected chi connectivity index (χ4v) is 3.19. The molecule has 0 radical (unpaired) electrons. The average molecular weight is 402 g/mol. The van der Waals surface area contributed by atoms with Crippen molar-refractivity contribution in [1.29, 1.82) is 0 Å². The van der Waals surface area contributed by atoms with Crippen LogP contribution in [0, 0.1) is 12.3 Å². The minimum atomic E-state index is -0.470. The van der Waals surface area contributed by atoms with E-state index in [1.807, 2.05) is 13.8 Å². The normalized spacial score (nSPS) is 15.4. The molecule has 0 aromatic heterocycles. The first-order valence-electron chi connectivity index (χ1n) is 10.1. The lowest BCUT2D eigenvalue weighted by atomic mass is 10.0. The van der Waals surface area contributed by atoms with Gasteiger partial charge in [0.25, 0.3) is 0 Å². The summed E-state index contributed by atoms with van der Waals surface area (Å²) in [5.41, 5.74) is -0.387. The van der Waals surface area contributed by atoms with E-state index >= 15 is 0 Å². The van der Waals surface area contributed by atoms with Gasteiger partial charge in [0, 0.05) is 11.3 Å². The van der Waals surface area contributed by atoms with Gasteiger partial charge in [-0.1, -0.05) is 12.8 Å². The number of thioether (sulfide) groups is 1. The molecule has 2 atom stereocenters. The number of terminal acetylenes is 1. The second kappa shape index (κ2) is 12.3. The first-order chi connectivity index (χ1) is 12.3. The van der Waals surface area contributed by atoms with Crippen LogP contribution in [-0.4, -0.2) is 58.7 Å². The molecule has 0 fully saturated rings. The van der Waals surface area contributed by atoms with Gasteiger partial charge < -0.3 is 14.6 Å². The lowest BCUT2D eigenvalue weighted by Gasteiger charge is -2.30. The first kappa shape index (κ1) is 26.8. The molecular weight excluding hydrogens is 358 g/mol. The van der Waals surface area contributed by atoms with Crippen molar-refractivity contribution < 1.29 is 14.6 Å². The Balaban J connectivity index is 3.98. The summed E-state index contributed by atoms with van der Waals surface area (Å²) in [6.45, 7) is 17.8. The van der Waals surface area contributed by atoms with Crippen LogP contribution in [0.2, 0.25) is 0 Å². The highest BCUT2D eigenvalue weighted by Crippen LogP contribution is 2.20. The molecule has 0 bridgehead atoms. The van der Waals surface area contributed by atoms with Crippen LogP contribution in [0.5, 0.6) is 0 Å². The molecule has 0 spiro atoms. The predicted octanol–water partition coefficient (Wildman–Crippen LogP) is 4.25. The highest BCUT2D eigenvalue weighted by molar-refractivity contribution is 7.99. The smallest absolute Gasteiger partial charge is 0.0864 e. The van der Waals surface area contributed by atoms with Gasteiger partial charge in [0.2, 0.25) is 0 Å². The van der Waals surface area contributed by atoms with Gasteiger partial charge in [-0.25, -0.2) is 0 Å². The molecule has 0 heterocycles. The van der Waals surface area contributed by atoms with Gasteiger partial charge in [0.15, 0.2) is 0 Å². The minimum Gasteiger partial charge on any atom is -0.390 e. The third kappa shape index (κ3) is 15.4. The monoisotopic (exact) mass is 401 g/mol. The number of hydrogen-bond acceptors (Lipinski definition) is 5. The lowest BCUT2D eigenvalue weighted by Crippen LogP contribution is -2.43. The summed E-state index contributed by atoms with van der Waals surface area (Å²) in [4.78, 5) is 0. The van der Waals surface area contributed by atoms with Crippen molar-refractivity contribution in [3.63, 3.8) is 0 Å². The maximum absolute atomic E-state index is 10.2. The quantitative estimate of drug-likeness (QED) is 0.337. The van der Waals surface area contributed by atoms with Gasteiger partial charge in [-0.05, 0) is 73.5 Å².